The number of methoxy groups -OCH3 is 1. The van der Waals surface area contributed by atoms with Crippen LogP contribution in [0.1, 0.15) is 38.2 Å². The standard InChI is InChI=1S/C15H20O4/c1-4-6-13(16)14(15(17)19-5-2)11-7-9-12(18-3)10-8-11/h7-10,14H,4-6H2,1-3H3. The number of carbonyl (C=O) groups is 2. The van der Waals surface area contributed by atoms with Crippen LogP contribution >= 0.6 is 0 Å². The van der Waals surface area contributed by atoms with Gasteiger partial charge in [-0.25, -0.2) is 0 Å². The second-order valence-corrected chi connectivity index (χ2v) is 4.17. The molecule has 0 aliphatic rings. The first-order chi connectivity index (χ1) is 9.13. The van der Waals surface area contributed by atoms with Gasteiger partial charge in [-0.3, -0.25) is 9.59 Å². The maximum Gasteiger partial charge on any atom is 0.321 e. The Morgan fingerprint density at radius 1 is 1.16 bits per heavy atom. The van der Waals surface area contributed by atoms with E-state index < -0.39 is 11.9 Å². The van der Waals surface area contributed by atoms with Crippen LogP contribution in [-0.2, 0) is 14.3 Å². The number of benzene rings is 1. The first-order valence-electron chi connectivity index (χ1n) is 6.47. The normalized spacial score (nSPS) is 11.7. The molecule has 0 saturated carbocycles. The summed E-state index contributed by atoms with van der Waals surface area (Å²) >= 11 is 0. The molecule has 0 fully saturated rings. The lowest BCUT2D eigenvalue weighted by atomic mass is 9.92. The molecule has 0 aliphatic carbocycles. The minimum Gasteiger partial charge on any atom is -0.497 e. The fourth-order valence-corrected chi connectivity index (χ4v) is 1.87. The van der Waals surface area contributed by atoms with Gasteiger partial charge in [0.1, 0.15) is 11.7 Å². The SMILES string of the molecule is CCCC(=O)C(C(=O)OCC)c1ccc(OC)cc1. The van der Waals surface area contributed by atoms with Crippen LogP contribution in [0.5, 0.6) is 5.75 Å². The van der Waals surface area contributed by atoms with Crippen LogP contribution in [0.15, 0.2) is 24.3 Å². The highest BCUT2D eigenvalue weighted by Crippen LogP contribution is 2.23. The van der Waals surface area contributed by atoms with Crippen molar-refractivity contribution in [2.75, 3.05) is 13.7 Å². The zero-order chi connectivity index (χ0) is 14.3. The zero-order valence-electron chi connectivity index (χ0n) is 11.6. The Balaban J connectivity index is 3.00. The van der Waals surface area contributed by atoms with E-state index in [-0.39, 0.29) is 12.4 Å². The van der Waals surface area contributed by atoms with Crippen molar-refractivity contribution in [3.63, 3.8) is 0 Å². The molecule has 104 valence electrons. The van der Waals surface area contributed by atoms with Gasteiger partial charge >= 0.3 is 5.97 Å². The van der Waals surface area contributed by atoms with Crippen LogP contribution in [0.25, 0.3) is 0 Å². The minimum atomic E-state index is -0.828. The monoisotopic (exact) mass is 264 g/mol. The largest absolute Gasteiger partial charge is 0.497 e. The summed E-state index contributed by atoms with van der Waals surface area (Å²) in [6.45, 7) is 3.91. The van der Waals surface area contributed by atoms with Crippen LogP contribution in [0.3, 0.4) is 0 Å². The Morgan fingerprint density at radius 2 is 1.79 bits per heavy atom. The third-order valence-corrected chi connectivity index (χ3v) is 2.79. The number of hydrogen-bond donors (Lipinski definition) is 0. The molecule has 0 spiro atoms. The van der Waals surface area contributed by atoms with E-state index >= 15 is 0 Å². The Morgan fingerprint density at radius 3 is 2.26 bits per heavy atom. The topological polar surface area (TPSA) is 52.6 Å². The average molecular weight is 264 g/mol. The molecule has 0 saturated heterocycles. The first kappa shape index (κ1) is 15.2. The summed E-state index contributed by atoms with van der Waals surface area (Å²) in [6, 6.07) is 6.93. The van der Waals surface area contributed by atoms with E-state index in [4.69, 9.17) is 9.47 Å². The van der Waals surface area contributed by atoms with Crippen LogP contribution in [0, 0.1) is 0 Å². The van der Waals surface area contributed by atoms with E-state index in [1.165, 1.54) is 0 Å². The smallest absolute Gasteiger partial charge is 0.321 e. The molecular weight excluding hydrogens is 244 g/mol. The lowest BCUT2D eigenvalue weighted by Crippen LogP contribution is -2.24. The van der Waals surface area contributed by atoms with Crippen molar-refractivity contribution in [3.05, 3.63) is 29.8 Å². The van der Waals surface area contributed by atoms with E-state index in [1.807, 2.05) is 6.92 Å². The lowest BCUT2D eigenvalue weighted by molar-refractivity contribution is -0.147. The molecule has 0 heterocycles. The van der Waals surface area contributed by atoms with Crippen molar-refractivity contribution in [1.82, 2.24) is 0 Å². The van der Waals surface area contributed by atoms with Gasteiger partial charge in [0.05, 0.1) is 13.7 Å². The van der Waals surface area contributed by atoms with Crippen LogP contribution in [0.2, 0.25) is 0 Å². The highest BCUT2D eigenvalue weighted by Gasteiger charge is 2.28. The van der Waals surface area contributed by atoms with Gasteiger partial charge in [-0.15, -0.1) is 0 Å². The van der Waals surface area contributed by atoms with Gasteiger partial charge in [-0.2, -0.15) is 0 Å². The first-order valence-corrected chi connectivity index (χ1v) is 6.47. The van der Waals surface area contributed by atoms with Crippen LogP contribution in [-0.4, -0.2) is 25.5 Å². The molecular formula is C15H20O4. The minimum absolute atomic E-state index is 0.105. The van der Waals surface area contributed by atoms with Gasteiger partial charge in [0, 0.05) is 6.42 Å². The number of ether oxygens (including phenoxy) is 2. The van der Waals surface area contributed by atoms with Crippen molar-refractivity contribution in [3.8, 4) is 5.75 Å². The molecule has 0 aliphatic heterocycles. The molecule has 1 unspecified atom stereocenters. The summed E-state index contributed by atoms with van der Waals surface area (Å²) < 4.78 is 10.1. The summed E-state index contributed by atoms with van der Waals surface area (Å²) in [5.74, 6) is -0.725. The van der Waals surface area contributed by atoms with Gasteiger partial charge in [0.25, 0.3) is 0 Å². The lowest BCUT2D eigenvalue weighted by Gasteiger charge is -2.15. The zero-order valence-corrected chi connectivity index (χ0v) is 11.6. The van der Waals surface area contributed by atoms with Gasteiger partial charge in [0.2, 0.25) is 0 Å². The molecule has 0 N–H and O–H groups in total. The van der Waals surface area contributed by atoms with Crippen molar-refractivity contribution in [1.29, 1.82) is 0 Å². The summed E-state index contributed by atoms with van der Waals surface area (Å²) in [5.41, 5.74) is 0.651. The summed E-state index contributed by atoms with van der Waals surface area (Å²) in [4.78, 5) is 24.0. The van der Waals surface area contributed by atoms with Gasteiger partial charge < -0.3 is 9.47 Å². The van der Waals surface area contributed by atoms with Crippen LogP contribution in [0.4, 0.5) is 0 Å². The third-order valence-electron chi connectivity index (χ3n) is 2.79. The third kappa shape index (κ3) is 4.09. The van der Waals surface area contributed by atoms with Crippen molar-refractivity contribution in [2.45, 2.75) is 32.6 Å². The van der Waals surface area contributed by atoms with Crippen molar-refractivity contribution < 1.29 is 19.1 Å². The molecule has 19 heavy (non-hydrogen) atoms. The number of rotatable bonds is 7. The van der Waals surface area contributed by atoms with Crippen LogP contribution < -0.4 is 4.74 Å². The summed E-state index contributed by atoms with van der Waals surface area (Å²) in [5, 5.41) is 0. The summed E-state index contributed by atoms with van der Waals surface area (Å²) in [6.07, 6.45) is 1.08. The fraction of sp³-hybridized carbons (Fsp3) is 0.467. The number of hydrogen-bond acceptors (Lipinski definition) is 4. The molecule has 4 nitrogen and oxygen atoms in total. The molecule has 0 bridgehead atoms. The van der Waals surface area contributed by atoms with Gasteiger partial charge in [0.15, 0.2) is 5.78 Å². The quantitative estimate of drug-likeness (QED) is 0.561. The maximum atomic E-state index is 12.1. The van der Waals surface area contributed by atoms with E-state index in [9.17, 15) is 9.59 Å². The average Bonchev–Trinajstić information content (AvgIpc) is 2.40. The maximum absolute atomic E-state index is 12.1. The molecule has 0 radical (unpaired) electrons. The predicted molar refractivity (Wildman–Crippen MR) is 72.3 cm³/mol. The second kappa shape index (κ2) is 7.56. The molecule has 1 atom stereocenters. The second-order valence-electron chi connectivity index (χ2n) is 4.17. The molecule has 1 aromatic rings. The molecule has 4 heteroatoms. The van der Waals surface area contributed by atoms with Gasteiger partial charge in [-0.05, 0) is 31.0 Å². The number of carbonyl (C=O) groups excluding carboxylic acids is 2. The predicted octanol–water partition coefficient (Wildman–Crippen LogP) is 2.71. The molecule has 1 aromatic carbocycles. The highest BCUT2D eigenvalue weighted by atomic mass is 16.5. The van der Waals surface area contributed by atoms with E-state index in [0.29, 0.717) is 24.2 Å². The van der Waals surface area contributed by atoms with Crippen molar-refractivity contribution in [2.24, 2.45) is 0 Å². The fourth-order valence-electron chi connectivity index (χ4n) is 1.87. The number of esters is 1. The Labute approximate surface area is 113 Å². The van der Waals surface area contributed by atoms with E-state index in [0.717, 1.165) is 0 Å². The Kier molecular flexibility index (Phi) is 6.06. The molecule has 1 rings (SSSR count). The Bertz CT molecular complexity index is 404. The number of Topliss-reactive ketones (excluding diaryl/α,β-unsaturated/α-hetero) is 1. The van der Waals surface area contributed by atoms with Crippen molar-refractivity contribution >= 4 is 11.8 Å². The summed E-state index contributed by atoms with van der Waals surface area (Å²) in [7, 11) is 1.57. The molecule has 0 aromatic heterocycles. The van der Waals surface area contributed by atoms with Gasteiger partial charge in [-0.1, -0.05) is 19.1 Å². The van der Waals surface area contributed by atoms with E-state index in [2.05, 4.69) is 0 Å². The van der Waals surface area contributed by atoms with E-state index in [1.54, 1.807) is 38.3 Å². The number of ketones is 1. The Hall–Kier alpha value is -1.84. The highest BCUT2D eigenvalue weighted by molar-refractivity contribution is 6.04. The molecule has 0 amide bonds.